The molecule has 6 aliphatic rings. The summed E-state index contributed by atoms with van der Waals surface area (Å²) in [6.45, 7) is 28.5. The zero-order valence-electron chi connectivity index (χ0n) is 53.1. The molecule has 3 nitrogen and oxygen atoms in total. The first kappa shape index (κ1) is 53.4. The van der Waals surface area contributed by atoms with Gasteiger partial charge in [-0.2, -0.15) is 0 Å². The van der Waals surface area contributed by atoms with Crippen LogP contribution in [0.1, 0.15) is 152 Å². The maximum Gasteiger partial charge on any atom is 0.333 e. The van der Waals surface area contributed by atoms with Crippen molar-refractivity contribution in [2.45, 2.75) is 128 Å². The molecule has 0 radical (unpaired) electrons. The molecular weight excluding hydrogens is 1060 g/mol. The lowest BCUT2D eigenvalue weighted by molar-refractivity contribution is 0.332. The molecule has 11 aromatic rings. The minimum Gasteiger partial charge on any atom is -0.376 e. The third-order valence-electron chi connectivity index (χ3n) is 21.9. The van der Waals surface area contributed by atoms with Gasteiger partial charge < -0.3 is 14.6 Å². The van der Waals surface area contributed by atoms with Gasteiger partial charge in [0.2, 0.25) is 0 Å². The van der Waals surface area contributed by atoms with Crippen molar-refractivity contribution >= 4 is 74.0 Å². The number of anilines is 8. The fraction of sp³-hybridized carbons (Fsp3) is 0.238. The highest BCUT2D eigenvalue weighted by Gasteiger charge is 2.58. The molecule has 17 rings (SSSR count). The molecule has 0 atom stereocenters. The van der Waals surface area contributed by atoms with Crippen LogP contribution in [-0.2, 0) is 32.5 Å². The summed E-state index contributed by atoms with van der Waals surface area (Å²) in [6, 6.07) is 86.0. The Bertz CT molecular complexity index is 4710. The van der Waals surface area contributed by atoms with Crippen LogP contribution in [0.15, 0.2) is 218 Å². The average Bonchev–Trinajstić information content (AvgIpc) is 1.23. The molecule has 430 valence electrons. The lowest BCUT2D eigenvalue weighted by atomic mass is 9.41. The molecule has 0 saturated carbocycles. The molecule has 3 heterocycles. The highest BCUT2D eigenvalue weighted by atomic mass is 15.2. The van der Waals surface area contributed by atoms with Crippen LogP contribution in [0, 0.1) is 0 Å². The van der Waals surface area contributed by atoms with Gasteiger partial charge in [-0.05, 0) is 212 Å². The van der Waals surface area contributed by atoms with E-state index in [1.807, 2.05) is 0 Å². The smallest absolute Gasteiger partial charge is 0.333 e. The highest BCUT2D eigenvalue weighted by Crippen LogP contribution is 2.67. The van der Waals surface area contributed by atoms with Crippen LogP contribution in [0.3, 0.4) is 0 Å². The first-order chi connectivity index (χ1) is 42.2. The summed E-state index contributed by atoms with van der Waals surface area (Å²) in [5.41, 5.74) is 33.0. The molecule has 11 aromatic carbocycles. The number of benzene rings is 11. The summed E-state index contributed by atoms with van der Waals surface area (Å²) in [6.07, 6.45) is 2.30. The van der Waals surface area contributed by atoms with E-state index in [0.29, 0.717) is 0 Å². The van der Waals surface area contributed by atoms with Gasteiger partial charge in [0.15, 0.2) is 0 Å². The molecule has 0 fully saturated rings. The average molecular weight is 1140 g/mol. The van der Waals surface area contributed by atoms with E-state index in [1.165, 1.54) is 139 Å². The highest BCUT2D eigenvalue weighted by molar-refractivity contribution is 6.93. The van der Waals surface area contributed by atoms with E-state index < -0.39 is 5.41 Å². The Morgan fingerprint density at radius 2 is 0.920 bits per heavy atom. The van der Waals surface area contributed by atoms with Crippen molar-refractivity contribution in [3.8, 4) is 33.4 Å². The van der Waals surface area contributed by atoms with Crippen molar-refractivity contribution in [1.82, 2.24) is 0 Å². The number of rotatable bonds is 4. The standard InChI is InChI=1S/C84H76BN3/c1-79(2,3)53-32-36-55(37-33-53)86(56-38-34-54(35-39-56)80(4,5)6)57-41-43-73-62(48-57)64-50-63-61-26-15-18-27-65(61)83(11,12)75(63)78-76(64)85(88(73)58-40-42-68-70(49-58)82(9,10)45-44-81(68,7)8)72-31-21-30-69-77(72)87(78)74-47-52-23-14-13-22-51(52)46-71(74)84(69)66-28-19-16-24-59(66)60-25-17-20-29-67(60)84/h13-43,46-50H,44-45H2,1-12H3. The van der Waals surface area contributed by atoms with Crippen molar-refractivity contribution in [3.05, 3.63) is 274 Å². The topological polar surface area (TPSA) is 9.72 Å². The van der Waals surface area contributed by atoms with Gasteiger partial charge in [-0.3, -0.25) is 0 Å². The van der Waals surface area contributed by atoms with Gasteiger partial charge in [-0.15, -0.1) is 0 Å². The lowest BCUT2D eigenvalue weighted by Gasteiger charge is -2.53. The minimum atomic E-state index is -0.613. The van der Waals surface area contributed by atoms with Crippen LogP contribution >= 0.6 is 0 Å². The summed E-state index contributed by atoms with van der Waals surface area (Å²) in [4.78, 5) is 8.12. The van der Waals surface area contributed by atoms with Crippen LogP contribution in [0.5, 0.6) is 0 Å². The summed E-state index contributed by atoms with van der Waals surface area (Å²) in [7, 11) is 0. The third-order valence-corrected chi connectivity index (χ3v) is 21.9. The maximum absolute atomic E-state index is 2.81. The summed E-state index contributed by atoms with van der Waals surface area (Å²) < 4.78 is 0. The zero-order valence-corrected chi connectivity index (χ0v) is 53.1. The first-order valence-electron chi connectivity index (χ1n) is 32.2. The Morgan fingerprint density at radius 1 is 0.386 bits per heavy atom. The fourth-order valence-electron chi connectivity index (χ4n) is 17.4. The second-order valence-corrected chi connectivity index (χ2v) is 30.3. The fourth-order valence-corrected chi connectivity index (χ4v) is 17.4. The van der Waals surface area contributed by atoms with E-state index in [9.17, 15) is 0 Å². The molecular formula is C84H76BN3. The Balaban J connectivity index is 1.02. The van der Waals surface area contributed by atoms with Gasteiger partial charge in [-0.1, -0.05) is 229 Å². The summed E-state index contributed by atoms with van der Waals surface area (Å²) in [5, 5.41) is 2.49. The Morgan fingerprint density at radius 3 is 1.53 bits per heavy atom. The normalized spacial score (nSPS) is 16.8. The van der Waals surface area contributed by atoms with Crippen molar-refractivity contribution in [1.29, 1.82) is 0 Å². The van der Waals surface area contributed by atoms with E-state index in [1.54, 1.807) is 0 Å². The van der Waals surface area contributed by atoms with Gasteiger partial charge in [0, 0.05) is 50.8 Å². The molecule has 0 unspecified atom stereocenters. The Hall–Kier alpha value is -8.86. The number of hydrogen-bond donors (Lipinski definition) is 0. The van der Waals surface area contributed by atoms with Gasteiger partial charge in [0.1, 0.15) is 0 Å². The molecule has 3 aliphatic carbocycles. The van der Waals surface area contributed by atoms with Crippen LogP contribution in [0.4, 0.5) is 45.5 Å². The number of para-hydroxylation sites is 1. The van der Waals surface area contributed by atoms with Crippen LogP contribution < -0.4 is 25.5 Å². The van der Waals surface area contributed by atoms with E-state index in [4.69, 9.17) is 0 Å². The molecule has 88 heavy (non-hydrogen) atoms. The molecule has 4 heteroatoms. The lowest BCUT2D eigenvalue weighted by Crippen LogP contribution is -2.63. The Labute approximate surface area is 521 Å². The third kappa shape index (κ3) is 7.15. The van der Waals surface area contributed by atoms with E-state index in [-0.39, 0.29) is 33.9 Å². The molecule has 3 aliphatic heterocycles. The van der Waals surface area contributed by atoms with Crippen molar-refractivity contribution in [2.75, 3.05) is 14.6 Å². The minimum absolute atomic E-state index is 0.00793. The molecule has 0 amide bonds. The zero-order chi connectivity index (χ0) is 60.3. The van der Waals surface area contributed by atoms with Crippen LogP contribution in [0.25, 0.3) is 44.2 Å². The second-order valence-electron chi connectivity index (χ2n) is 30.3. The Kier molecular flexibility index (Phi) is 10.9. The molecule has 0 saturated heterocycles. The largest absolute Gasteiger partial charge is 0.376 e. The van der Waals surface area contributed by atoms with Gasteiger partial charge in [0.05, 0.1) is 11.1 Å². The van der Waals surface area contributed by atoms with Gasteiger partial charge in [0.25, 0.3) is 0 Å². The monoisotopic (exact) mass is 1140 g/mol. The number of nitrogens with zero attached hydrogens (tertiary/aromatic N) is 3. The maximum atomic E-state index is 2.81. The molecule has 1 spiro atoms. The number of fused-ring (bicyclic) bond motifs is 19. The quantitative estimate of drug-likeness (QED) is 0.163. The first-order valence-corrected chi connectivity index (χ1v) is 32.2. The predicted molar refractivity (Wildman–Crippen MR) is 373 cm³/mol. The van der Waals surface area contributed by atoms with Crippen molar-refractivity contribution < 1.29 is 0 Å². The summed E-state index contributed by atoms with van der Waals surface area (Å²) >= 11 is 0. The van der Waals surface area contributed by atoms with Crippen LogP contribution in [-0.4, -0.2) is 6.85 Å². The van der Waals surface area contributed by atoms with Crippen molar-refractivity contribution in [2.24, 2.45) is 0 Å². The number of hydrogen-bond acceptors (Lipinski definition) is 3. The van der Waals surface area contributed by atoms with E-state index >= 15 is 0 Å². The van der Waals surface area contributed by atoms with Crippen molar-refractivity contribution in [3.63, 3.8) is 0 Å². The van der Waals surface area contributed by atoms with Gasteiger partial charge in [-0.25, -0.2) is 0 Å². The van der Waals surface area contributed by atoms with Gasteiger partial charge >= 0.3 is 6.85 Å². The van der Waals surface area contributed by atoms with Crippen LogP contribution in [0.2, 0.25) is 0 Å². The molecule has 0 N–H and O–H groups in total. The molecule has 0 aromatic heterocycles. The molecule has 0 bridgehead atoms. The summed E-state index contributed by atoms with van der Waals surface area (Å²) in [5.74, 6) is 0. The van der Waals surface area contributed by atoms with E-state index in [2.05, 4.69) is 316 Å². The van der Waals surface area contributed by atoms with E-state index in [0.717, 1.165) is 29.9 Å². The SMILES string of the molecule is CC(C)(C)c1ccc(N(c2ccc(C(C)(C)C)cc2)c2ccc3c(c2)-c2cc4c(c5c2B(c2cccc6c2N5c2cc5ccccc5cc2C62c5ccccc5-c5ccccc52)N3c2ccc3c(c2)C(C)(C)CCC3(C)C)C(C)(C)c2ccccc2-4)cc1. The predicted octanol–water partition coefficient (Wildman–Crippen LogP) is 20.9. The second kappa shape index (κ2) is 17.9.